The van der Waals surface area contributed by atoms with Crippen molar-refractivity contribution in [3.8, 4) is 5.69 Å². The fourth-order valence-corrected chi connectivity index (χ4v) is 2.91. The second-order valence-corrected chi connectivity index (χ2v) is 5.97. The van der Waals surface area contributed by atoms with E-state index in [0.29, 0.717) is 28.6 Å². The van der Waals surface area contributed by atoms with Gasteiger partial charge in [-0.2, -0.15) is 0 Å². The second kappa shape index (κ2) is 7.10. The van der Waals surface area contributed by atoms with Crippen molar-refractivity contribution in [3.63, 3.8) is 0 Å². The maximum atomic E-state index is 12.3. The summed E-state index contributed by atoms with van der Waals surface area (Å²) in [5, 5.41) is 11.5. The highest BCUT2D eigenvalue weighted by molar-refractivity contribution is 6.32. The van der Waals surface area contributed by atoms with Crippen molar-refractivity contribution in [3.05, 3.63) is 40.7 Å². The zero-order valence-electron chi connectivity index (χ0n) is 13.0. The average molecular weight is 335 g/mol. The molecule has 1 aromatic carbocycles. The first-order chi connectivity index (χ1) is 11.2. The molecule has 2 aromatic rings. The Balaban J connectivity index is 1.66. The molecule has 1 amide bonds. The first kappa shape index (κ1) is 16.0. The molecule has 23 heavy (non-hydrogen) atoms. The van der Waals surface area contributed by atoms with Gasteiger partial charge in [0.2, 0.25) is 0 Å². The number of benzene rings is 1. The maximum absolute atomic E-state index is 12.3. The number of halogens is 1. The van der Waals surface area contributed by atoms with Gasteiger partial charge < -0.3 is 10.1 Å². The predicted molar refractivity (Wildman–Crippen MR) is 87.0 cm³/mol. The molecule has 0 bridgehead atoms. The van der Waals surface area contributed by atoms with E-state index in [2.05, 4.69) is 15.6 Å². The number of amides is 1. The van der Waals surface area contributed by atoms with E-state index in [4.69, 9.17) is 16.3 Å². The largest absolute Gasteiger partial charge is 0.378 e. The van der Waals surface area contributed by atoms with Crippen LogP contribution in [0, 0.1) is 6.92 Å². The minimum Gasteiger partial charge on any atom is -0.378 e. The lowest BCUT2D eigenvalue weighted by molar-refractivity contribution is 0.0902. The van der Waals surface area contributed by atoms with Crippen LogP contribution in [0.15, 0.2) is 24.3 Å². The van der Waals surface area contributed by atoms with Crippen LogP contribution in [0.4, 0.5) is 0 Å². The van der Waals surface area contributed by atoms with Crippen LogP contribution < -0.4 is 5.32 Å². The topological polar surface area (TPSA) is 69.0 Å². The Morgan fingerprint density at radius 3 is 3.04 bits per heavy atom. The number of carbonyl (C=O) groups excluding carboxylic acids is 1. The van der Waals surface area contributed by atoms with E-state index in [-0.39, 0.29) is 12.0 Å². The number of hydrogen-bond donors (Lipinski definition) is 1. The molecule has 0 unspecified atom stereocenters. The molecule has 3 rings (SSSR count). The molecule has 1 aromatic heterocycles. The molecule has 1 saturated heterocycles. The van der Waals surface area contributed by atoms with E-state index in [9.17, 15) is 4.79 Å². The highest BCUT2D eigenvalue weighted by atomic mass is 35.5. The van der Waals surface area contributed by atoms with Crippen LogP contribution in [0.3, 0.4) is 0 Å². The van der Waals surface area contributed by atoms with Crippen LogP contribution in [0.25, 0.3) is 5.69 Å². The number of hydrogen-bond acceptors (Lipinski definition) is 4. The van der Waals surface area contributed by atoms with Crippen LogP contribution >= 0.6 is 11.6 Å². The molecule has 6 nitrogen and oxygen atoms in total. The number of nitrogens with zero attached hydrogens (tertiary/aromatic N) is 3. The summed E-state index contributed by atoms with van der Waals surface area (Å²) in [7, 11) is 0. The van der Waals surface area contributed by atoms with Gasteiger partial charge in [0, 0.05) is 13.2 Å². The van der Waals surface area contributed by atoms with Gasteiger partial charge in [-0.15, -0.1) is 5.10 Å². The summed E-state index contributed by atoms with van der Waals surface area (Å²) in [6.45, 7) is 3.20. The van der Waals surface area contributed by atoms with Crippen LogP contribution in [0.2, 0.25) is 5.02 Å². The molecule has 0 saturated carbocycles. The lowest BCUT2D eigenvalue weighted by atomic mass is 10.2. The Morgan fingerprint density at radius 2 is 2.30 bits per heavy atom. The Hall–Kier alpha value is -1.92. The SMILES string of the molecule is Cc1c(C(=O)NCC[C@H]2CCCO2)nnn1-c1ccccc1Cl. The molecule has 1 N–H and O–H groups in total. The summed E-state index contributed by atoms with van der Waals surface area (Å²) in [6.07, 6.45) is 3.25. The predicted octanol–water partition coefficient (Wildman–Crippen LogP) is 2.53. The van der Waals surface area contributed by atoms with Crippen LogP contribution in [0.5, 0.6) is 0 Å². The number of nitrogens with one attached hydrogen (secondary N) is 1. The fourth-order valence-electron chi connectivity index (χ4n) is 2.69. The quantitative estimate of drug-likeness (QED) is 0.912. The van der Waals surface area contributed by atoms with E-state index in [1.54, 1.807) is 17.7 Å². The molecular weight excluding hydrogens is 316 g/mol. The molecule has 122 valence electrons. The van der Waals surface area contributed by atoms with Crippen molar-refractivity contribution in [1.82, 2.24) is 20.3 Å². The van der Waals surface area contributed by atoms with Gasteiger partial charge in [0.05, 0.1) is 22.5 Å². The van der Waals surface area contributed by atoms with Gasteiger partial charge in [-0.1, -0.05) is 28.9 Å². The Bertz CT molecular complexity index is 695. The average Bonchev–Trinajstić information content (AvgIpc) is 3.18. The number of rotatable bonds is 5. The fraction of sp³-hybridized carbons (Fsp3) is 0.438. The molecule has 7 heteroatoms. The van der Waals surface area contributed by atoms with Gasteiger partial charge in [0.1, 0.15) is 0 Å². The second-order valence-electron chi connectivity index (χ2n) is 5.57. The normalized spacial score (nSPS) is 17.4. The van der Waals surface area contributed by atoms with Crippen LogP contribution in [0.1, 0.15) is 35.4 Å². The minimum atomic E-state index is -0.223. The summed E-state index contributed by atoms with van der Waals surface area (Å²) in [5.74, 6) is -0.223. The van der Waals surface area contributed by atoms with Gasteiger partial charge in [-0.05, 0) is 38.3 Å². The molecule has 1 aliphatic rings. The maximum Gasteiger partial charge on any atom is 0.273 e. The minimum absolute atomic E-state index is 0.223. The standard InChI is InChI=1S/C16H19ClN4O2/c1-11-15(16(22)18-9-8-12-5-4-10-23-12)19-20-21(11)14-7-3-2-6-13(14)17/h2-3,6-7,12H,4-5,8-10H2,1H3,(H,18,22)/t12-/m1/s1. The van der Waals surface area contributed by atoms with Crippen molar-refractivity contribution >= 4 is 17.5 Å². The van der Waals surface area contributed by atoms with Crippen molar-refractivity contribution in [2.24, 2.45) is 0 Å². The summed E-state index contributed by atoms with van der Waals surface area (Å²) >= 11 is 6.17. The zero-order valence-corrected chi connectivity index (χ0v) is 13.7. The number of ether oxygens (including phenoxy) is 1. The number of carbonyl (C=O) groups is 1. The summed E-state index contributed by atoms with van der Waals surface area (Å²) < 4.78 is 7.12. The van der Waals surface area contributed by atoms with E-state index >= 15 is 0 Å². The molecule has 0 spiro atoms. The number of aromatic nitrogens is 3. The van der Waals surface area contributed by atoms with Gasteiger partial charge in [-0.25, -0.2) is 4.68 Å². The van der Waals surface area contributed by atoms with Gasteiger partial charge >= 0.3 is 0 Å². The molecule has 2 heterocycles. The monoisotopic (exact) mass is 334 g/mol. The van der Waals surface area contributed by atoms with E-state index in [0.717, 1.165) is 25.9 Å². The lowest BCUT2D eigenvalue weighted by Gasteiger charge is -2.09. The van der Waals surface area contributed by atoms with E-state index < -0.39 is 0 Å². The lowest BCUT2D eigenvalue weighted by Crippen LogP contribution is -2.28. The summed E-state index contributed by atoms with van der Waals surface area (Å²) in [5.41, 5.74) is 1.68. The number of para-hydroxylation sites is 1. The Kier molecular flexibility index (Phi) is 4.93. The van der Waals surface area contributed by atoms with Gasteiger partial charge in [-0.3, -0.25) is 4.79 Å². The van der Waals surface area contributed by atoms with Crippen molar-refractivity contribution in [1.29, 1.82) is 0 Å². The first-order valence-electron chi connectivity index (χ1n) is 7.74. The van der Waals surface area contributed by atoms with Gasteiger partial charge in [0.15, 0.2) is 5.69 Å². The smallest absolute Gasteiger partial charge is 0.273 e. The van der Waals surface area contributed by atoms with E-state index in [1.807, 2.05) is 18.2 Å². The molecule has 1 fully saturated rings. The first-order valence-corrected chi connectivity index (χ1v) is 8.11. The Labute approximate surface area is 139 Å². The molecule has 1 atom stereocenters. The molecular formula is C16H19ClN4O2. The summed E-state index contributed by atoms with van der Waals surface area (Å²) in [4.78, 5) is 12.3. The molecule has 0 radical (unpaired) electrons. The van der Waals surface area contributed by atoms with Crippen LogP contribution in [-0.2, 0) is 4.74 Å². The van der Waals surface area contributed by atoms with E-state index in [1.165, 1.54) is 0 Å². The van der Waals surface area contributed by atoms with Crippen molar-refractivity contribution in [2.75, 3.05) is 13.2 Å². The van der Waals surface area contributed by atoms with Crippen LogP contribution in [-0.4, -0.2) is 40.2 Å². The Morgan fingerprint density at radius 1 is 1.48 bits per heavy atom. The van der Waals surface area contributed by atoms with Gasteiger partial charge in [0.25, 0.3) is 5.91 Å². The third-order valence-corrected chi connectivity index (χ3v) is 4.29. The highest BCUT2D eigenvalue weighted by Gasteiger charge is 2.19. The zero-order chi connectivity index (χ0) is 16.2. The summed E-state index contributed by atoms with van der Waals surface area (Å²) in [6, 6.07) is 7.32. The third-order valence-electron chi connectivity index (χ3n) is 3.97. The third kappa shape index (κ3) is 3.54. The van der Waals surface area contributed by atoms with Crippen molar-refractivity contribution in [2.45, 2.75) is 32.3 Å². The highest BCUT2D eigenvalue weighted by Crippen LogP contribution is 2.21. The van der Waals surface area contributed by atoms with Crippen molar-refractivity contribution < 1.29 is 9.53 Å². The molecule has 0 aliphatic carbocycles. The molecule has 1 aliphatic heterocycles.